The molecule has 0 amide bonds. The molecule has 0 fully saturated rings. The van der Waals surface area contributed by atoms with E-state index >= 15 is 0 Å². The Hall–Kier alpha value is -2.14. The van der Waals surface area contributed by atoms with Crippen molar-refractivity contribution in [1.29, 1.82) is 0 Å². The molecule has 0 bridgehead atoms. The lowest BCUT2D eigenvalue weighted by atomic mass is 10.1. The zero-order valence-corrected chi connectivity index (χ0v) is 11.6. The molecular formula is C15H19N3O2. The molecule has 1 aromatic heterocycles. The zero-order valence-electron chi connectivity index (χ0n) is 11.6. The summed E-state index contributed by atoms with van der Waals surface area (Å²) in [5.41, 5.74) is 6.50. The van der Waals surface area contributed by atoms with E-state index < -0.39 is 0 Å². The number of hydrogen-bond donors (Lipinski definition) is 1. The third-order valence-electron chi connectivity index (χ3n) is 2.84. The molecule has 0 saturated carbocycles. The van der Waals surface area contributed by atoms with Crippen LogP contribution in [0.3, 0.4) is 0 Å². The predicted molar refractivity (Wildman–Crippen MR) is 76.9 cm³/mol. The van der Waals surface area contributed by atoms with Gasteiger partial charge in [0, 0.05) is 24.8 Å². The van der Waals surface area contributed by atoms with Crippen LogP contribution in [0.4, 0.5) is 0 Å². The number of nitrogens with two attached hydrogens (primary N) is 1. The van der Waals surface area contributed by atoms with E-state index in [1.165, 1.54) is 0 Å². The van der Waals surface area contributed by atoms with E-state index in [4.69, 9.17) is 10.5 Å². The Bertz CT molecular complexity index is 561. The highest BCUT2D eigenvalue weighted by Gasteiger charge is 2.12. The fraction of sp³-hybridized carbons (Fsp3) is 0.333. The first kappa shape index (κ1) is 14.3. The Morgan fingerprint density at radius 3 is 2.75 bits per heavy atom. The molecule has 0 spiro atoms. The molecule has 2 N–H and O–H groups in total. The van der Waals surface area contributed by atoms with Gasteiger partial charge in [-0.15, -0.1) is 0 Å². The van der Waals surface area contributed by atoms with Gasteiger partial charge in [-0.1, -0.05) is 6.92 Å². The first-order chi connectivity index (χ1) is 9.74. The average molecular weight is 273 g/mol. The standard InChI is InChI=1S/C15H19N3O2/c1-2-9-20-13-5-3-12(4-6-13)15(19)14-10-18(8-7-16)11-17-14/h3-6,10-11H,2,7-9,16H2,1H3. The Balaban J connectivity index is 2.07. The lowest BCUT2D eigenvalue weighted by molar-refractivity contribution is 0.103. The summed E-state index contributed by atoms with van der Waals surface area (Å²) < 4.78 is 7.30. The van der Waals surface area contributed by atoms with E-state index in [-0.39, 0.29) is 5.78 Å². The molecule has 0 aliphatic heterocycles. The van der Waals surface area contributed by atoms with Crippen molar-refractivity contribution in [3.63, 3.8) is 0 Å². The molecule has 106 valence electrons. The lowest BCUT2D eigenvalue weighted by Crippen LogP contribution is -2.08. The maximum absolute atomic E-state index is 12.2. The van der Waals surface area contributed by atoms with Gasteiger partial charge in [0.15, 0.2) is 0 Å². The monoisotopic (exact) mass is 273 g/mol. The summed E-state index contributed by atoms with van der Waals surface area (Å²) in [6, 6.07) is 7.13. The average Bonchev–Trinajstić information content (AvgIpc) is 2.94. The number of imidazole rings is 1. The van der Waals surface area contributed by atoms with Gasteiger partial charge in [0.2, 0.25) is 5.78 Å². The first-order valence-corrected chi connectivity index (χ1v) is 6.74. The summed E-state index contributed by atoms with van der Waals surface area (Å²) in [4.78, 5) is 16.4. The Morgan fingerprint density at radius 1 is 1.35 bits per heavy atom. The van der Waals surface area contributed by atoms with E-state index in [1.807, 2.05) is 4.57 Å². The van der Waals surface area contributed by atoms with Crippen LogP contribution in [0.5, 0.6) is 5.75 Å². The van der Waals surface area contributed by atoms with Crippen molar-refractivity contribution in [3.05, 3.63) is 48.0 Å². The summed E-state index contributed by atoms with van der Waals surface area (Å²) in [5.74, 6) is 0.680. The minimum absolute atomic E-state index is 0.0946. The van der Waals surface area contributed by atoms with Gasteiger partial charge in [0.25, 0.3) is 0 Å². The van der Waals surface area contributed by atoms with E-state index in [2.05, 4.69) is 11.9 Å². The van der Waals surface area contributed by atoms with Crippen LogP contribution in [-0.2, 0) is 6.54 Å². The van der Waals surface area contributed by atoms with Crippen molar-refractivity contribution >= 4 is 5.78 Å². The van der Waals surface area contributed by atoms with Gasteiger partial charge in [-0.05, 0) is 30.7 Å². The fourth-order valence-electron chi connectivity index (χ4n) is 1.82. The Morgan fingerprint density at radius 2 is 2.10 bits per heavy atom. The number of aromatic nitrogens is 2. The topological polar surface area (TPSA) is 70.1 Å². The molecule has 0 atom stereocenters. The summed E-state index contributed by atoms with van der Waals surface area (Å²) in [6.07, 6.45) is 4.30. The van der Waals surface area contributed by atoms with Crippen molar-refractivity contribution < 1.29 is 9.53 Å². The normalized spacial score (nSPS) is 10.5. The molecule has 1 aromatic carbocycles. The predicted octanol–water partition coefficient (Wildman–Crippen LogP) is 1.86. The minimum Gasteiger partial charge on any atom is -0.494 e. The molecule has 5 nitrogen and oxygen atoms in total. The van der Waals surface area contributed by atoms with Crippen LogP contribution < -0.4 is 10.5 Å². The second kappa shape index (κ2) is 6.86. The quantitative estimate of drug-likeness (QED) is 0.782. The molecule has 2 aromatic rings. The number of carbonyl (C=O) groups is 1. The molecule has 1 heterocycles. The largest absolute Gasteiger partial charge is 0.494 e. The second-order valence-corrected chi connectivity index (χ2v) is 4.49. The molecule has 0 aliphatic carbocycles. The molecule has 5 heteroatoms. The van der Waals surface area contributed by atoms with Crippen LogP contribution in [0.15, 0.2) is 36.8 Å². The number of carbonyl (C=O) groups excluding carboxylic acids is 1. The fourth-order valence-corrected chi connectivity index (χ4v) is 1.82. The number of nitrogens with zero attached hydrogens (tertiary/aromatic N) is 2. The maximum Gasteiger partial charge on any atom is 0.212 e. The molecule has 0 saturated heterocycles. The lowest BCUT2D eigenvalue weighted by Gasteiger charge is -2.04. The third kappa shape index (κ3) is 3.45. The SMILES string of the molecule is CCCOc1ccc(C(=O)c2cn(CCN)cn2)cc1. The van der Waals surface area contributed by atoms with Crippen molar-refractivity contribution in [2.45, 2.75) is 19.9 Å². The highest BCUT2D eigenvalue weighted by atomic mass is 16.5. The number of ketones is 1. The number of ether oxygens (including phenoxy) is 1. The van der Waals surface area contributed by atoms with Gasteiger partial charge in [0.05, 0.1) is 12.9 Å². The van der Waals surface area contributed by atoms with Crippen LogP contribution in [0, 0.1) is 0 Å². The van der Waals surface area contributed by atoms with Crippen LogP contribution >= 0.6 is 0 Å². The number of hydrogen-bond acceptors (Lipinski definition) is 4. The third-order valence-corrected chi connectivity index (χ3v) is 2.84. The molecule has 20 heavy (non-hydrogen) atoms. The van der Waals surface area contributed by atoms with E-state index in [1.54, 1.807) is 36.8 Å². The molecule has 0 aliphatic rings. The molecular weight excluding hydrogens is 254 g/mol. The van der Waals surface area contributed by atoms with Gasteiger partial charge in [0.1, 0.15) is 11.4 Å². The van der Waals surface area contributed by atoms with Gasteiger partial charge < -0.3 is 15.0 Å². The first-order valence-electron chi connectivity index (χ1n) is 6.74. The molecule has 2 rings (SSSR count). The smallest absolute Gasteiger partial charge is 0.212 e. The van der Waals surface area contributed by atoms with Gasteiger partial charge in [-0.3, -0.25) is 4.79 Å². The Kier molecular flexibility index (Phi) is 4.90. The minimum atomic E-state index is -0.0946. The van der Waals surface area contributed by atoms with Crippen LogP contribution in [-0.4, -0.2) is 28.5 Å². The van der Waals surface area contributed by atoms with Crippen molar-refractivity contribution in [2.24, 2.45) is 5.73 Å². The molecule has 0 radical (unpaired) electrons. The van der Waals surface area contributed by atoms with E-state index in [9.17, 15) is 4.79 Å². The highest BCUT2D eigenvalue weighted by Crippen LogP contribution is 2.15. The number of benzene rings is 1. The van der Waals surface area contributed by atoms with Crippen LogP contribution in [0.1, 0.15) is 29.4 Å². The van der Waals surface area contributed by atoms with Crippen LogP contribution in [0.2, 0.25) is 0 Å². The van der Waals surface area contributed by atoms with Gasteiger partial charge in [-0.25, -0.2) is 4.98 Å². The summed E-state index contributed by atoms with van der Waals surface area (Å²) >= 11 is 0. The summed E-state index contributed by atoms with van der Waals surface area (Å²) in [6.45, 7) is 3.91. The van der Waals surface area contributed by atoms with E-state index in [0.717, 1.165) is 12.2 Å². The van der Waals surface area contributed by atoms with Crippen LogP contribution in [0.25, 0.3) is 0 Å². The van der Waals surface area contributed by atoms with E-state index in [0.29, 0.717) is 31.0 Å². The second-order valence-electron chi connectivity index (χ2n) is 4.49. The Labute approximate surface area is 118 Å². The van der Waals surface area contributed by atoms with Gasteiger partial charge >= 0.3 is 0 Å². The summed E-state index contributed by atoms with van der Waals surface area (Å²) in [5, 5.41) is 0. The zero-order chi connectivity index (χ0) is 14.4. The van der Waals surface area contributed by atoms with Crippen molar-refractivity contribution in [2.75, 3.05) is 13.2 Å². The van der Waals surface area contributed by atoms with Gasteiger partial charge in [-0.2, -0.15) is 0 Å². The number of rotatable bonds is 7. The van der Waals surface area contributed by atoms with Crippen molar-refractivity contribution in [3.8, 4) is 5.75 Å². The highest BCUT2D eigenvalue weighted by molar-refractivity contribution is 6.07. The van der Waals surface area contributed by atoms with Crippen molar-refractivity contribution in [1.82, 2.24) is 9.55 Å². The maximum atomic E-state index is 12.2. The summed E-state index contributed by atoms with van der Waals surface area (Å²) in [7, 11) is 0. The molecule has 0 unspecified atom stereocenters.